The van der Waals surface area contributed by atoms with Crippen LogP contribution in [0.4, 0.5) is 14.9 Å². The fourth-order valence-electron chi connectivity index (χ4n) is 4.34. The number of halogens is 1. The Morgan fingerprint density at radius 1 is 1.12 bits per heavy atom. The first-order valence-corrected chi connectivity index (χ1v) is 13.7. The van der Waals surface area contributed by atoms with Gasteiger partial charge in [-0.15, -0.1) is 0 Å². The lowest BCUT2D eigenvalue weighted by Crippen LogP contribution is -2.37. The number of pyridine rings is 1. The number of aromatic amines is 1. The average Bonchev–Trinajstić information content (AvgIpc) is 3.29. The first kappa shape index (κ1) is 32.1. The number of hydrogen-bond donors (Lipinski definition) is 2. The third-order valence-electron chi connectivity index (χ3n) is 6.37. The van der Waals surface area contributed by atoms with Gasteiger partial charge in [0.1, 0.15) is 11.5 Å². The van der Waals surface area contributed by atoms with Crippen molar-refractivity contribution in [3.8, 4) is 0 Å². The van der Waals surface area contributed by atoms with Crippen LogP contribution in [0, 0.1) is 11.2 Å². The Labute approximate surface area is 245 Å². The molecule has 11 heteroatoms. The number of rotatable bonds is 10. The molecule has 3 aromatic rings. The number of fused-ring (bicyclic) bond motifs is 1. The Morgan fingerprint density at radius 3 is 2.48 bits per heavy atom. The Bertz CT molecular complexity index is 1530. The molecule has 42 heavy (non-hydrogen) atoms. The molecule has 0 saturated heterocycles. The van der Waals surface area contributed by atoms with Gasteiger partial charge in [0.05, 0.1) is 6.54 Å². The second kappa shape index (κ2) is 13.5. The zero-order chi connectivity index (χ0) is 31.2. The summed E-state index contributed by atoms with van der Waals surface area (Å²) in [6, 6.07) is 7.90. The summed E-state index contributed by atoms with van der Waals surface area (Å²) in [5.41, 5.74) is 1.89. The van der Waals surface area contributed by atoms with Crippen LogP contribution in [-0.4, -0.2) is 71.6 Å². The number of aromatic nitrogens is 2. The number of hydrogen-bond acceptors (Lipinski definition) is 5. The minimum absolute atomic E-state index is 0.0160. The summed E-state index contributed by atoms with van der Waals surface area (Å²) in [5.74, 6) is -1.20. The molecule has 10 nitrogen and oxygen atoms in total. The van der Waals surface area contributed by atoms with Crippen LogP contribution in [0.2, 0.25) is 0 Å². The summed E-state index contributed by atoms with van der Waals surface area (Å²) in [5, 5.41) is 3.31. The number of amides is 3. The first-order valence-electron chi connectivity index (χ1n) is 13.7. The molecule has 2 aromatic heterocycles. The summed E-state index contributed by atoms with van der Waals surface area (Å²) < 4.78 is 21.1. The maximum atomic E-state index is 14.3. The van der Waals surface area contributed by atoms with Crippen molar-refractivity contribution in [1.29, 1.82) is 0 Å². The molecule has 1 aromatic carbocycles. The first-order chi connectivity index (χ1) is 19.6. The molecule has 0 fully saturated rings. The molecule has 2 N–H and O–H groups in total. The molecule has 0 aliphatic heterocycles. The topological polar surface area (TPSA) is 117 Å². The van der Waals surface area contributed by atoms with Crippen LogP contribution >= 0.6 is 0 Å². The van der Waals surface area contributed by atoms with E-state index < -0.39 is 23.7 Å². The van der Waals surface area contributed by atoms with Crippen molar-refractivity contribution in [2.24, 2.45) is 5.41 Å². The van der Waals surface area contributed by atoms with Crippen molar-refractivity contribution in [3.63, 3.8) is 0 Å². The maximum absolute atomic E-state index is 14.3. The van der Waals surface area contributed by atoms with Crippen LogP contribution in [0.25, 0.3) is 10.9 Å². The minimum atomic E-state index is -1.20. The van der Waals surface area contributed by atoms with Gasteiger partial charge in [-0.05, 0) is 66.6 Å². The molecular formula is C31H40FN5O5. The van der Waals surface area contributed by atoms with Crippen molar-refractivity contribution < 1.29 is 23.5 Å². The SMILES string of the molecule is CN(C)C(=O)/C=C/CCC(OC(=O)N(C)C)C(=O)Nc1cccn(Cc2cc3cc(F)cc(CC(C)(C)C)c3[nH]2)c1=O. The smallest absolute Gasteiger partial charge is 0.410 e. The molecule has 3 rings (SSSR count). The normalized spacial score (nSPS) is 12.4. The molecular weight excluding hydrogens is 541 g/mol. The van der Waals surface area contributed by atoms with E-state index in [4.69, 9.17) is 4.74 Å². The predicted molar refractivity (Wildman–Crippen MR) is 161 cm³/mol. The van der Waals surface area contributed by atoms with Gasteiger partial charge in [-0.2, -0.15) is 0 Å². The second-order valence-corrected chi connectivity index (χ2v) is 11.9. The van der Waals surface area contributed by atoms with Crippen LogP contribution in [0.1, 0.15) is 44.9 Å². The van der Waals surface area contributed by atoms with Crippen molar-refractivity contribution >= 4 is 34.5 Å². The highest BCUT2D eigenvalue weighted by atomic mass is 19.1. The van der Waals surface area contributed by atoms with Gasteiger partial charge in [0.2, 0.25) is 5.91 Å². The quantitative estimate of drug-likeness (QED) is 0.341. The number of nitrogens with zero attached hydrogens (tertiary/aromatic N) is 3. The highest BCUT2D eigenvalue weighted by Crippen LogP contribution is 2.28. The second-order valence-electron chi connectivity index (χ2n) is 11.9. The van der Waals surface area contributed by atoms with Crippen molar-refractivity contribution in [1.82, 2.24) is 19.4 Å². The van der Waals surface area contributed by atoms with E-state index in [1.807, 2.05) is 6.07 Å². The Morgan fingerprint density at radius 2 is 1.83 bits per heavy atom. The number of allylic oxidation sites excluding steroid dienone is 1. The molecule has 0 aliphatic carbocycles. The number of anilines is 1. The van der Waals surface area contributed by atoms with Crippen molar-refractivity contribution in [2.45, 2.75) is 52.7 Å². The number of carbonyl (C=O) groups excluding carboxylic acids is 3. The molecule has 0 radical (unpaired) electrons. The van der Waals surface area contributed by atoms with Crippen LogP contribution in [0.15, 0.2) is 53.5 Å². The minimum Gasteiger partial charge on any atom is -0.436 e. The number of nitrogens with one attached hydrogen (secondary N) is 2. The number of carbonyl (C=O) groups is 3. The fourth-order valence-corrected chi connectivity index (χ4v) is 4.34. The van der Waals surface area contributed by atoms with Crippen LogP contribution < -0.4 is 10.9 Å². The molecule has 1 atom stereocenters. The molecule has 0 bridgehead atoms. The third kappa shape index (κ3) is 8.79. The summed E-state index contributed by atoms with van der Waals surface area (Å²) in [7, 11) is 6.23. The van der Waals surface area contributed by atoms with Crippen LogP contribution in [0.5, 0.6) is 0 Å². The van der Waals surface area contributed by atoms with Gasteiger partial charge in [0, 0.05) is 51.0 Å². The van der Waals surface area contributed by atoms with E-state index in [2.05, 4.69) is 31.1 Å². The van der Waals surface area contributed by atoms with E-state index in [1.54, 1.807) is 32.4 Å². The van der Waals surface area contributed by atoms with Gasteiger partial charge in [-0.25, -0.2) is 9.18 Å². The van der Waals surface area contributed by atoms with Gasteiger partial charge in [-0.1, -0.05) is 26.8 Å². The van der Waals surface area contributed by atoms with E-state index in [-0.39, 0.29) is 42.2 Å². The van der Waals surface area contributed by atoms with Gasteiger partial charge in [0.15, 0.2) is 6.10 Å². The van der Waals surface area contributed by atoms with E-state index in [0.29, 0.717) is 17.5 Å². The fraction of sp³-hybridized carbons (Fsp3) is 0.419. The lowest BCUT2D eigenvalue weighted by atomic mass is 9.87. The number of likely N-dealkylation sites (N-methyl/N-ethyl adjacent to an activating group) is 1. The van der Waals surface area contributed by atoms with Crippen LogP contribution in [-0.2, 0) is 27.3 Å². The lowest BCUT2D eigenvalue weighted by molar-refractivity contribution is -0.125. The largest absolute Gasteiger partial charge is 0.436 e. The highest BCUT2D eigenvalue weighted by Gasteiger charge is 2.24. The van der Waals surface area contributed by atoms with Gasteiger partial charge in [-0.3, -0.25) is 14.4 Å². The van der Waals surface area contributed by atoms with Crippen molar-refractivity contribution in [3.05, 3.63) is 76.1 Å². The number of ether oxygens (including phenoxy) is 1. The molecule has 0 saturated carbocycles. The monoisotopic (exact) mass is 581 g/mol. The molecule has 3 amide bonds. The third-order valence-corrected chi connectivity index (χ3v) is 6.37. The predicted octanol–water partition coefficient (Wildman–Crippen LogP) is 4.54. The molecule has 226 valence electrons. The highest BCUT2D eigenvalue weighted by molar-refractivity contribution is 5.95. The summed E-state index contributed by atoms with van der Waals surface area (Å²) >= 11 is 0. The molecule has 2 heterocycles. The van der Waals surface area contributed by atoms with E-state index in [1.165, 1.54) is 52.7 Å². The Balaban J connectivity index is 1.80. The van der Waals surface area contributed by atoms with Crippen molar-refractivity contribution in [2.75, 3.05) is 33.5 Å². The summed E-state index contributed by atoms with van der Waals surface area (Å²) in [6.45, 7) is 6.42. The van der Waals surface area contributed by atoms with Gasteiger partial charge < -0.3 is 29.4 Å². The standard InChI is InChI=1S/C31H40FN5O5/c1-31(2,3)18-21-16-22(32)15-20-17-23(33-27(20)21)19-37-14-10-11-24(29(37)40)34-28(39)25(42-30(41)36(6)7)12-8-9-13-26(38)35(4)5/h9-11,13-17,25,33H,8,12,18-19H2,1-7H3,(H,34,39)/b13-9+. The summed E-state index contributed by atoms with van der Waals surface area (Å²) in [4.78, 5) is 56.4. The lowest BCUT2D eigenvalue weighted by Gasteiger charge is -2.19. The molecule has 0 aliphatic rings. The molecule has 1 unspecified atom stereocenters. The zero-order valence-electron chi connectivity index (χ0n) is 25.3. The van der Waals surface area contributed by atoms with Gasteiger partial charge >= 0.3 is 6.09 Å². The zero-order valence-corrected chi connectivity index (χ0v) is 25.3. The Hall–Kier alpha value is -4.41. The Kier molecular flexibility index (Phi) is 10.3. The van der Waals surface area contributed by atoms with E-state index in [0.717, 1.165) is 11.1 Å². The van der Waals surface area contributed by atoms with E-state index >= 15 is 0 Å². The average molecular weight is 582 g/mol. The van der Waals surface area contributed by atoms with E-state index in [9.17, 15) is 23.6 Å². The number of H-pyrrole nitrogens is 1. The maximum Gasteiger partial charge on any atom is 0.410 e. The summed E-state index contributed by atoms with van der Waals surface area (Å²) in [6.07, 6.45) is 3.72. The van der Waals surface area contributed by atoms with Gasteiger partial charge in [0.25, 0.3) is 11.5 Å². The number of benzene rings is 1. The molecule has 0 spiro atoms. The van der Waals surface area contributed by atoms with Crippen LogP contribution in [0.3, 0.4) is 0 Å².